The Morgan fingerprint density at radius 2 is 2.05 bits per heavy atom. The first kappa shape index (κ1) is 13.4. The van der Waals surface area contributed by atoms with Gasteiger partial charge in [-0.15, -0.1) is 0 Å². The molecule has 1 heterocycles. The molecule has 0 atom stereocenters. The van der Waals surface area contributed by atoms with Crippen molar-refractivity contribution < 1.29 is 9.90 Å². The first-order valence-corrected chi connectivity index (χ1v) is 7.30. The average Bonchev–Trinajstić information content (AvgIpc) is 3.10. The fraction of sp³-hybridized carbons (Fsp3) is 0.333. The maximum Gasteiger partial charge on any atom is 0.315 e. The first-order chi connectivity index (χ1) is 9.44. The highest BCUT2D eigenvalue weighted by Crippen LogP contribution is 2.48. The quantitative estimate of drug-likeness (QED) is 0.936. The van der Waals surface area contributed by atoms with E-state index < -0.39 is 11.4 Å². The van der Waals surface area contributed by atoms with Gasteiger partial charge >= 0.3 is 5.97 Å². The highest BCUT2D eigenvalue weighted by molar-refractivity contribution is 9.10. The van der Waals surface area contributed by atoms with Crippen LogP contribution in [0.4, 0.5) is 0 Å². The van der Waals surface area contributed by atoms with Crippen molar-refractivity contribution in [2.24, 2.45) is 0 Å². The van der Waals surface area contributed by atoms with Crippen molar-refractivity contribution in [3.05, 3.63) is 45.7 Å². The highest BCUT2D eigenvalue weighted by Gasteiger charge is 2.53. The van der Waals surface area contributed by atoms with Crippen LogP contribution >= 0.6 is 15.9 Å². The Bertz CT molecular complexity index is 702. The molecule has 0 radical (unpaired) electrons. The third-order valence-corrected chi connectivity index (χ3v) is 4.42. The standard InChI is InChI=1S/C15H15BrN2O2/c1-9-7-11(16)3-4-12(9)18-10(2)8-13(17-18)15(5-6-15)14(19)20/h3-4,7-8H,5-6H2,1-2H3,(H,19,20). The van der Waals surface area contributed by atoms with E-state index in [0.29, 0.717) is 18.5 Å². The van der Waals surface area contributed by atoms with Crippen LogP contribution in [0.5, 0.6) is 0 Å². The van der Waals surface area contributed by atoms with Crippen LogP contribution in [-0.4, -0.2) is 20.9 Å². The molecule has 1 aliphatic rings. The third-order valence-electron chi connectivity index (χ3n) is 3.92. The van der Waals surface area contributed by atoms with Crippen molar-refractivity contribution in [3.63, 3.8) is 0 Å². The molecule has 0 bridgehead atoms. The minimum atomic E-state index is -0.769. The van der Waals surface area contributed by atoms with Crippen molar-refractivity contribution in [2.45, 2.75) is 32.1 Å². The minimum absolute atomic E-state index is 0.671. The Morgan fingerprint density at radius 1 is 1.35 bits per heavy atom. The summed E-state index contributed by atoms with van der Waals surface area (Å²) < 4.78 is 2.85. The van der Waals surface area contributed by atoms with E-state index in [0.717, 1.165) is 21.4 Å². The Kier molecular flexibility index (Phi) is 2.97. The largest absolute Gasteiger partial charge is 0.481 e. The van der Waals surface area contributed by atoms with Crippen molar-refractivity contribution in [1.82, 2.24) is 9.78 Å². The Balaban J connectivity index is 2.08. The second-order valence-electron chi connectivity index (χ2n) is 5.40. The van der Waals surface area contributed by atoms with Crippen LogP contribution in [0.1, 0.15) is 29.8 Å². The molecule has 1 aliphatic carbocycles. The fourth-order valence-electron chi connectivity index (χ4n) is 2.51. The zero-order chi connectivity index (χ0) is 14.5. The van der Waals surface area contributed by atoms with Crippen LogP contribution in [0.3, 0.4) is 0 Å². The van der Waals surface area contributed by atoms with Crippen molar-refractivity contribution in [1.29, 1.82) is 0 Å². The topological polar surface area (TPSA) is 55.1 Å². The Hall–Kier alpha value is -1.62. The third kappa shape index (κ3) is 1.97. The van der Waals surface area contributed by atoms with E-state index in [1.807, 2.05) is 42.8 Å². The summed E-state index contributed by atoms with van der Waals surface area (Å²) in [6, 6.07) is 7.87. The number of aliphatic carboxylic acids is 1. The first-order valence-electron chi connectivity index (χ1n) is 6.51. The molecule has 1 fully saturated rings. The van der Waals surface area contributed by atoms with Crippen LogP contribution in [0.25, 0.3) is 5.69 Å². The van der Waals surface area contributed by atoms with Gasteiger partial charge in [-0.05, 0) is 56.5 Å². The van der Waals surface area contributed by atoms with E-state index >= 15 is 0 Å². The van der Waals surface area contributed by atoms with Gasteiger partial charge in [0.2, 0.25) is 0 Å². The molecular weight excluding hydrogens is 320 g/mol. The summed E-state index contributed by atoms with van der Waals surface area (Å²) in [7, 11) is 0. The Labute approximate surface area is 125 Å². The molecule has 5 heteroatoms. The number of benzene rings is 1. The molecule has 2 aromatic rings. The average molecular weight is 335 g/mol. The van der Waals surface area contributed by atoms with E-state index in [1.165, 1.54) is 0 Å². The van der Waals surface area contributed by atoms with Crippen molar-refractivity contribution >= 4 is 21.9 Å². The number of carbonyl (C=O) groups is 1. The minimum Gasteiger partial charge on any atom is -0.481 e. The van der Waals surface area contributed by atoms with Crippen LogP contribution in [0.2, 0.25) is 0 Å². The number of carboxylic acid groups (broad SMARTS) is 1. The van der Waals surface area contributed by atoms with Gasteiger partial charge in [-0.25, -0.2) is 4.68 Å². The molecule has 1 aromatic carbocycles. The zero-order valence-electron chi connectivity index (χ0n) is 11.4. The molecule has 4 nitrogen and oxygen atoms in total. The highest BCUT2D eigenvalue weighted by atomic mass is 79.9. The van der Waals surface area contributed by atoms with Crippen molar-refractivity contribution in [2.75, 3.05) is 0 Å². The molecule has 0 amide bonds. The van der Waals surface area contributed by atoms with E-state index in [2.05, 4.69) is 21.0 Å². The monoisotopic (exact) mass is 334 g/mol. The van der Waals surface area contributed by atoms with Crippen LogP contribution in [-0.2, 0) is 10.2 Å². The number of nitrogens with zero attached hydrogens (tertiary/aromatic N) is 2. The van der Waals surface area contributed by atoms with Crippen LogP contribution < -0.4 is 0 Å². The predicted octanol–water partition coefficient (Wildman–Crippen LogP) is 3.37. The molecule has 0 saturated heterocycles. The molecule has 1 saturated carbocycles. The SMILES string of the molecule is Cc1cc(Br)ccc1-n1nc(C2(C(=O)O)CC2)cc1C. The smallest absolute Gasteiger partial charge is 0.315 e. The number of carboxylic acids is 1. The van der Waals surface area contributed by atoms with Gasteiger partial charge in [-0.2, -0.15) is 5.10 Å². The molecule has 104 valence electrons. The zero-order valence-corrected chi connectivity index (χ0v) is 12.9. The molecule has 0 unspecified atom stereocenters. The van der Waals surface area contributed by atoms with Crippen molar-refractivity contribution in [3.8, 4) is 5.69 Å². The van der Waals surface area contributed by atoms with E-state index in [1.54, 1.807) is 0 Å². The van der Waals surface area contributed by atoms with Gasteiger partial charge < -0.3 is 5.11 Å². The number of halogens is 1. The number of aromatic nitrogens is 2. The summed E-state index contributed by atoms with van der Waals surface area (Å²) in [4.78, 5) is 11.4. The lowest BCUT2D eigenvalue weighted by Gasteiger charge is -2.09. The van der Waals surface area contributed by atoms with Crippen LogP contribution in [0.15, 0.2) is 28.7 Å². The summed E-state index contributed by atoms with van der Waals surface area (Å²) in [5, 5.41) is 13.9. The second-order valence-corrected chi connectivity index (χ2v) is 6.32. The van der Waals surface area contributed by atoms with Gasteiger partial charge in [0.15, 0.2) is 0 Å². The number of hydrogen-bond acceptors (Lipinski definition) is 2. The number of rotatable bonds is 3. The molecular formula is C15H15BrN2O2. The van der Waals surface area contributed by atoms with E-state index in [4.69, 9.17) is 0 Å². The summed E-state index contributed by atoms with van der Waals surface area (Å²) in [6.45, 7) is 3.97. The Morgan fingerprint density at radius 3 is 2.60 bits per heavy atom. The summed E-state index contributed by atoms with van der Waals surface area (Å²) in [5.74, 6) is -0.769. The number of hydrogen-bond donors (Lipinski definition) is 1. The molecule has 1 N–H and O–H groups in total. The van der Waals surface area contributed by atoms with Gasteiger partial charge in [0.1, 0.15) is 5.41 Å². The predicted molar refractivity (Wildman–Crippen MR) is 79.3 cm³/mol. The van der Waals surface area contributed by atoms with Gasteiger partial charge in [0, 0.05) is 10.2 Å². The van der Waals surface area contributed by atoms with Gasteiger partial charge in [-0.3, -0.25) is 4.79 Å². The maximum atomic E-state index is 11.4. The van der Waals surface area contributed by atoms with E-state index in [-0.39, 0.29) is 0 Å². The molecule has 20 heavy (non-hydrogen) atoms. The lowest BCUT2D eigenvalue weighted by molar-refractivity contribution is -0.140. The van der Waals surface area contributed by atoms with Gasteiger partial charge in [0.05, 0.1) is 11.4 Å². The molecule has 1 aromatic heterocycles. The summed E-state index contributed by atoms with van der Waals surface area (Å²) in [6.07, 6.45) is 1.36. The lowest BCUT2D eigenvalue weighted by atomic mass is 10.0. The second kappa shape index (κ2) is 4.45. The molecule has 0 spiro atoms. The summed E-state index contributed by atoms with van der Waals surface area (Å²) in [5.41, 5.74) is 2.96. The normalized spacial score (nSPS) is 16.1. The number of aryl methyl sites for hydroxylation is 2. The van der Waals surface area contributed by atoms with Gasteiger partial charge in [-0.1, -0.05) is 15.9 Å². The molecule has 0 aliphatic heterocycles. The lowest BCUT2D eigenvalue weighted by Crippen LogP contribution is -2.20. The fourth-order valence-corrected chi connectivity index (χ4v) is 2.99. The molecule has 3 rings (SSSR count). The summed E-state index contributed by atoms with van der Waals surface area (Å²) >= 11 is 3.45. The van der Waals surface area contributed by atoms with Crippen LogP contribution in [0, 0.1) is 13.8 Å². The van der Waals surface area contributed by atoms with E-state index in [9.17, 15) is 9.90 Å². The van der Waals surface area contributed by atoms with Gasteiger partial charge in [0.25, 0.3) is 0 Å². The maximum absolute atomic E-state index is 11.4.